The molecule has 5 rings (SSSR count). The van der Waals surface area contributed by atoms with Crippen LogP contribution in [-0.2, 0) is 13.0 Å². The van der Waals surface area contributed by atoms with Gasteiger partial charge in [-0.05, 0) is 62.2 Å². The maximum atomic E-state index is 6.59. The number of aromatic nitrogens is 2. The molecule has 1 saturated heterocycles. The van der Waals surface area contributed by atoms with E-state index in [9.17, 15) is 0 Å². The maximum absolute atomic E-state index is 6.59. The lowest BCUT2D eigenvalue weighted by Gasteiger charge is -2.32. The third-order valence-corrected chi connectivity index (χ3v) is 6.49. The minimum atomic E-state index is -0.0173. The van der Waals surface area contributed by atoms with Crippen LogP contribution in [0.25, 0.3) is 10.9 Å². The fraction of sp³-hybridized carbons (Fsp3) is 0.409. The number of nitrogens with two attached hydrogens (primary N) is 1. The van der Waals surface area contributed by atoms with E-state index in [0.29, 0.717) is 12.1 Å². The SMILES string of the molecule is Cc1ccc2c(c1)c1c(n2CC(N)c2ccncc2)CC2CCC1N2C. The highest BCUT2D eigenvalue weighted by molar-refractivity contribution is 5.87. The Hall–Kier alpha value is -2.17. The summed E-state index contributed by atoms with van der Waals surface area (Å²) in [6, 6.07) is 12.2. The summed E-state index contributed by atoms with van der Waals surface area (Å²) in [5, 5.41) is 1.43. The van der Waals surface area contributed by atoms with Crippen molar-refractivity contribution < 1.29 is 0 Å². The highest BCUT2D eigenvalue weighted by atomic mass is 15.2. The molecule has 0 saturated carbocycles. The van der Waals surface area contributed by atoms with Gasteiger partial charge in [0, 0.05) is 60.1 Å². The van der Waals surface area contributed by atoms with E-state index < -0.39 is 0 Å². The number of benzene rings is 1. The lowest BCUT2D eigenvalue weighted by atomic mass is 9.97. The van der Waals surface area contributed by atoms with Crippen molar-refractivity contribution in [2.24, 2.45) is 5.73 Å². The Labute approximate surface area is 154 Å². The summed E-state index contributed by atoms with van der Waals surface area (Å²) in [6.07, 6.45) is 7.38. The van der Waals surface area contributed by atoms with Crippen molar-refractivity contribution in [3.63, 3.8) is 0 Å². The van der Waals surface area contributed by atoms with Crippen molar-refractivity contribution in [2.75, 3.05) is 7.05 Å². The number of aryl methyl sites for hydroxylation is 1. The second kappa shape index (κ2) is 5.93. The van der Waals surface area contributed by atoms with Gasteiger partial charge in [0.25, 0.3) is 0 Å². The third kappa shape index (κ3) is 2.32. The average Bonchev–Trinajstić information content (AvgIpc) is 3.06. The smallest absolute Gasteiger partial charge is 0.0486 e. The molecule has 0 amide bonds. The number of fused-ring (bicyclic) bond motifs is 6. The van der Waals surface area contributed by atoms with Crippen molar-refractivity contribution in [1.82, 2.24) is 14.5 Å². The highest BCUT2D eigenvalue weighted by Gasteiger charge is 2.40. The van der Waals surface area contributed by atoms with Crippen LogP contribution in [-0.4, -0.2) is 27.5 Å². The zero-order chi connectivity index (χ0) is 17.8. The summed E-state index contributed by atoms with van der Waals surface area (Å²) in [5.74, 6) is 0. The predicted octanol–water partition coefficient (Wildman–Crippen LogP) is 3.74. The molecule has 26 heavy (non-hydrogen) atoms. The minimum absolute atomic E-state index is 0.0173. The molecule has 4 heterocycles. The van der Waals surface area contributed by atoms with Gasteiger partial charge < -0.3 is 10.3 Å². The largest absolute Gasteiger partial charge is 0.342 e. The standard InChI is InChI=1S/C22H26N4/c1-14-3-5-19-17(11-14)22-20-6-4-16(25(20)2)12-21(22)26(19)13-18(23)15-7-9-24-10-8-15/h3,5,7-11,16,18,20H,4,6,12-13,23H2,1-2H3. The molecule has 3 unspecified atom stereocenters. The molecule has 2 N–H and O–H groups in total. The summed E-state index contributed by atoms with van der Waals surface area (Å²) in [4.78, 5) is 6.72. The molecule has 2 aromatic heterocycles. The van der Waals surface area contributed by atoms with Gasteiger partial charge in [-0.2, -0.15) is 0 Å². The number of hydrogen-bond acceptors (Lipinski definition) is 3. The number of rotatable bonds is 3. The van der Waals surface area contributed by atoms with E-state index in [4.69, 9.17) is 5.73 Å². The maximum Gasteiger partial charge on any atom is 0.0486 e. The molecule has 3 aromatic rings. The highest BCUT2D eigenvalue weighted by Crippen LogP contribution is 2.47. The molecule has 0 radical (unpaired) electrons. The van der Waals surface area contributed by atoms with Crippen molar-refractivity contribution in [3.8, 4) is 0 Å². The van der Waals surface area contributed by atoms with Crippen LogP contribution in [0.3, 0.4) is 0 Å². The molecular weight excluding hydrogens is 320 g/mol. The first-order chi connectivity index (χ1) is 12.6. The number of hydrogen-bond donors (Lipinski definition) is 1. The molecule has 134 valence electrons. The molecule has 0 spiro atoms. The van der Waals surface area contributed by atoms with Gasteiger partial charge in [0.1, 0.15) is 0 Å². The minimum Gasteiger partial charge on any atom is -0.342 e. The van der Waals surface area contributed by atoms with E-state index in [1.54, 1.807) is 5.56 Å². The summed E-state index contributed by atoms with van der Waals surface area (Å²) in [6.45, 7) is 3.01. The quantitative estimate of drug-likeness (QED) is 0.786. The van der Waals surface area contributed by atoms with Gasteiger partial charge in [-0.15, -0.1) is 0 Å². The van der Waals surface area contributed by atoms with Crippen LogP contribution in [0, 0.1) is 6.92 Å². The van der Waals surface area contributed by atoms with Gasteiger partial charge in [0.15, 0.2) is 0 Å². The molecule has 1 fully saturated rings. The van der Waals surface area contributed by atoms with Gasteiger partial charge in [-0.25, -0.2) is 0 Å². The van der Waals surface area contributed by atoms with Gasteiger partial charge in [0.2, 0.25) is 0 Å². The van der Waals surface area contributed by atoms with Crippen LogP contribution in [0.15, 0.2) is 42.7 Å². The van der Waals surface area contributed by atoms with E-state index in [1.807, 2.05) is 24.5 Å². The Morgan fingerprint density at radius 1 is 1.19 bits per heavy atom. The number of likely N-dealkylation sites (N-methyl/N-ethyl adjacent to an activating group) is 1. The van der Waals surface area contributed by atoms with Crippen LogP contribution < -0.4 is 5.73 Å². The molecule has 1 aromatic carbocycles. The van der Waals surface area contributed by atoms with Crippen molar-refractivity contribution >= 4 is 10.9 Å². The van der Waals surface area contributed by atoms with Crippen molar-refractivity contribution in [3.05, 3.63) is 65.1 Å². The van der Waals surface area contributed by atoms with Crippen molar-refractivity contribution in [2.45, 2.75) is 50.9 Å². The Balaban J connectivity index is 1.65. The first-order valence-corrected chi connectivity index (χ1v) is 9.62. The van der Waals surface area contributed by atoms with Crippen LogP contribution in [0.2, 0.25) is 0 Å². The fourth-order valence-electron chi connectivity index (χ4n) is 5.09. The van der Waals surface area contributed by atoms with Crippen LogP contribution in [0.5, 0.6) is 0 Å². The summed E-state index contributed by atoms with van der Waals surface area (Å²) in [5.41, 5.74) is 13.5. The van der Waals surface area contributed by atoms with Gasteiger partial charge in [0.05, 0.1) is 0 Å². The molecule has 4 heteroatoms. The van der Waals surface area contributed by atoms with E-state index in [2.05, 4.69) is 46.6 Å². The summed E-state index contributed by atoms with van der Waals surface area (Å²) < 4.78 is 2.51. The Bertz CT molecular complexity index is 959. The van der Waals surface area contributed by atoms with E-state index in [-0.39, 0.29) is 6.04 Å². The molecule has 4 nitrogen and oxygen atoms in total. The number of pyridine rings is 1. The number of nitrogens with zero attached hydrogens (tertiary/aromatic N) is 3. The van der Waals surface area contributed by atoms with Crippen molar-refractivity contribution in [1.29, 1.82) is 0 Å². The first kappa shape index (κ1) is 16.0. The van der Waals surface area contributed by atoms with Crippen LogP contribution in [0.1, 0.15) is 47.3 Å². The Morgan fingerprint density at radius 2 is 2.00 bits per heavy atom. The van der Waals surface area contributed by atoms with Crippen LogP contribution >= 0.6 is 0 Å². The second-order valence-corrected chi connectivity index (χ2v) is 8.00. The molecule has 3 atom stereocenters. The lowest BCUT2D eigenvalue weighted by Crippen LogP contribution is -2.35. The monoisotopic (exact) mass is 346 g/mol. The predicted molar refractivity (Wildman–Crippen MR) is 105 cm³/mol. The summed E-state index contributed by atoms with van der Waals surface area (Å²) >= 11 is 0. The van der Waals surface area contributed by atoms with E-state index >= 15 is 0 Å². The first-order valence-electron chi connectivity index (χ1n) is 9.62. The molecule has 2 bridgehead atoms. The van der Waals surface area contributed by atoms with Crippen LogP contribution in [0.4, 0.5) is 0 Å². The molecule has 0 aliphatic carbocycles. The van der Waals surface area contributed by atoms with Gasteiger partial charge in [-0.3, -0.25) is 9.88 Å². The molecular formula is C22H26N4. The Morgan fingerprint density at radius 3 is 2.81 bits per heavy atom. The van der Waals surface area contributed by atoms with E-state index in [1.165, 1.54) is 35.0 Å². The third-order valence-electron chi connectivity index (χ3n) is 6.49. The average molecular weight is 346 g/mol. The topological polar surface area (TPSA) is 47.1 Å². The Kier molecular flexibility index (Phi) is 3.66. The normalized spacial score (nSPS) is 23.3. The van der Waals surface area contributed by atoms with Gasteiger partial charge in [-0.1, -0.05) is 11.6 Å². The van der Waals surface area contributed by atoms with E-state index in [0.717, 1.165) is 18.5 Å². The van der Waals surface area contributed by atoms with Gasteiger partial charge >= 0.3 is 0 Å². The lowest BCUT2D eigenvalue weighted by molar-refractivity contribution is 0.221. The molecule has 2 aliphatic heterocycles. The zero-order valence-corrected chi connectivity index (χ0v) is 15.5. The second-order valence-electron chi connectivity index (χ2n) is 8.00. The summed E-state index contributed by atoms with van der Waals surface area (Å²) in [7, 11) is 2.30. The zero-order valence-electron chi connectivity index (χ0n) is 15.5. The fourth-order valence-corrected chi connectivity index (χ4v) is 5.09. The molecule has 2 aliphatic rings.